The molecule has 156 valence electrons. The Labute approximate surface area is 172 Å². The number of amides is 1. The summed E-state index contributed by atoms with van der Waals surface area (Å²) < 4.78 is 31.2. The molecule has 3 rings (SSSR count). The van der Waals surface area contributed by atoms with E-state index in [4.69, 9.17) is 4.74 Å². The van der Waals surface area contributed by atoms with Gasteiger partial charge in [-0.15, -0.1) is 0 Å². The molecular weight excluding hydrogens is 388 g/mol. The summed E-state index contributed by atoms with van der Waals surface area (Å²) in [6.07, 6.45) is -0.0408. The summed E-state index contributed by atoms with van der Waals surface area (Å²) in [6, 6.07) is 14.6. The van der Waals surface area contributed by atoms with E-state index in [1.807, 2.05) is 24.3 Å². The number of nitrogens with one attached hydrogen (secondary N) is 1. The van der Waals surface area contributed by atoms with Gasteiger partial charge in [-0.1, -0.05) is 32.9 Å². The SMILES string of the molecule is CC(Oc1ccc(C(C)(C)C)cc1)C(=O)Nc1ccc(N2CCCS2(=O)=O)cc1. The number of anilines is 2. The Kier molecular flexibility index (Phi) is 5.89. The highest BCUT2D eigenvalue weighted by molar-refractivity contribution is 7.93. The Bertz CT molecular complexity index is 961. The van der Waals surface area contributed by atoms with Crippen LogP contribution in [0.5, 0.6) is 5.75 Å². The Balaban J connectivity index is 1.59. The molecule has 0 aliphatic carbocycles. The van der Waals surface area contributed by atoms with Crippen molar-refractivity contribution in [2.45, 2.75) is 45.6 Å². The molecule has 0 spiro atoms. The molecule has 1 heterocycles. The van der Waals surface area contributed by atoms with Crippen molar-refractivity contribution in [3.8, 4) is 5.75 Å². The fraction of sp³-hybridized carbons (Fsp3) is 0.409. The molecule has 1 aliphatic rings. The van der Waals surface area contributed by atoms with Crippen molar-refractivity contribution in [1.82, 2.24) is 0 Å². The molecule has 0 aromatic heterocycles. The van der Waals surface area contributed by atoms with Crippen LogP contribution in [0.4, 0.5) is 11.4 Å². The molecule has 1 N–H and O–H groups in total. The standard InChI is InChI=1S/C22H28N2O4S/c1-16(28-20-12-6-17(7-13-20)22(2,3)4)21(25)23-18-8-10-19(11-9-18)24-14-5-15-29(24,26)27/h6-13,16H,5,14-15H2,1-4H3,(H,23,25). The molecule has 1 aliphatic heterocycles. The van der Waals surface area contributed by atoms with Crippen LogP contribution in [0.3, 0.4) is 0 Å². The summed E-state index contributed by atoms with van der Waals surface area (Å²) in [5, 5.41) is 2.80. The second-order valence-electron chi connectivity index (χ2n) is 8.31. The van der Waals surface area contributed by atoms with E-state index in [2.05, 4.69) is 26.1 Å². The molecule has 29 heavy (non-hydrogen) atoms. The Morgan fingerprint density at radius 1 is 1.07 bits per heavy atom. The van der Waals surface area contributed by atoms with Gasteiger partial charge in [-0.3, -0.25) is 9.10 Å². The maximum Gasteiger partial charge on any atom is 0.265 e. The summed E-state index contributed by atoms with van der Waals surface area (Å²) in [4.78, 5) is 12.4. The van der Waals surface area contributed by atoms with E-state index in [9.17, 15) is 13.2 Å². The third-order valence-electron chi connectivity index (χ3n) is 4.92. The number of benzene rings is 2. The van der Waals surface area contributed by atoms with Gasteiger partial charge in [0.2, 0.25) is 10.0 Å². The Morgan fingerprint density at radius 3 is 2.21 bits per heavy atom. The molecule has 1 saturated heterocycles. The lowest BCUT2D eigenvalue weighted by atomic mass is 9.87. The van der Waals surface area contributed by atoms with Crippen molar-refractivity contribution >= 4 is 27.3 Å². The first kappa shape index (κ1) is 21.2. The first-order valence-corrected chi connectivity index (χ1v) is 11.4. The number of hydrogen-bond acceptors (Lipinski definition) is 4. The molecule has 0 radical (unpaired) electrons. The predicted octanol–water partition coefficient (Wildman–Crippen LogP) is 3.93. The van der Waals surface area contributed by atoms with Gasteiger partial charge in [-0.05, 0) is 60.7 Å². The Morgan fingerprint density at radius 2 is 1.69 bits per heavy atom. The number of nitrogens with zero attached hydrogens (tertiary/aromatic N) is 1. The minimum Gasteiger partial charge on any atom is -0.481 e. The number of carbonyl (C=O) groups is 1. The lowest BCUT2D eigenvalue weighted by Crippen LogP contribution is -2.30. The molecule has 7 heteroatoms. The van der Waals surface area contributed by atoms with E-state index in [-0.39, 0.29) is 17.1 Å². The van der Waals surface area contributed by atoms with Crippen LogP contribution in [0.1, 0.15) is 39.7 Å². The van der Waals surface area contributed by atoms with Gasteiger partial charge in [-0.25, -0.2) is 8.42 Å². The molecule has 0 saturated carbocycles. The zero-order chi connectivity index (χ0) is 21.2. The average Bonchev–Trinajstić information content (AvgIpc) is 3.01. The first-order valence-electron chi connectivity index (χ1n) is 9.75. The van der Waals surface area contributed by atoms with Crippen molar-refractivity contribution in [1.29, 1.82) is 0 Å². The van der Waals surface area contributed by atoms with E-state index < -0.39 is 16.1 Å². The van der Waals surface area contributed by atoms with Gasteiger partial charge in [0.15, 0.2) is 6.10 Å². The number of carbonyl (C=O) groups excluding carboxylic acids is 1. The highest BCUT2D eigenvalue weighted by atomic mass is 32.2. The second-order valence-corrected chi connectivity index (χ2v) is 10.3. The van der Waals surface area contributed by atoms with E-state index in [1.165, 1.54) is 9.87 Å². The highest BCUT2D eigenvalue weighted by Gasteiger charge is 2.28. The van der Waals surface area contributed by atoms with E-state index in [0.717, 1.165) is 0 Å². The van der Waals surface area contributed by atoms with Gasteiger partial charge in [-0.2, -0.15) is 0 Å². The molecule has 2 aromatic carbocycles. The van der Waals surface area contributed by atoms with Crippen LogP contribution >= 0.6 is 0 Å². The summed E-state index contributed by atoms with van der Waals surface area (Å²) >= 11 is 0. The van der Waals surface area contributed by atoms with Crippen LogP contribution in [0.15, 0.2) is 48.5 Å². The topological polar surface area (TPSA) is 75.7 Å². The maximum atomic E-state index is 12.4. The second kappa shape index (κ2) is 8.06. The lowest BCUT2D eigenvalue weighted by molar-refractivity contribution is -0.122. The van der Waals surface area contributed by atoms with Gasteiger partial charge < -0.3 is 10.1 Å². The van der Waals surface area contributed by atoms with Gasteiger partial charge in [0, 0.05) is 12.2 Å². The molecular formula is C22H28N2O4S. The summed E-state index contributed by atoms with van der Waals surface area (Å²) in [7, 11) is -3.21. The average molecular weight is 417 g/mol. The molecule has 2 aromatic rings. The van der Waals surface area contributed by atoms with Crippen molar-refractivity contribution in [2.24, 2.45) is 0 Å². The normalized spacial score (nSPS) is 17.0. The van der Waals surface area contributed by atoms with Gasteiger partial charge in [0.05, 0.1) is 11.4 Å². The van der Waals surface area contributed by atoms with Gasteiger partial charge in [0.1, 0.15) is 5.75 Å². The molecule has 0 bridgehead atoms. The maximum absolute atomic E-state index is 12.4. The quantitative estimate of drug-likeness (QED) is 0.801. The number of sulfonamides is 1. The number of hydrogen-bond donors (Lipinski definition) is 1. The van der Waals surface area contributed by atoms with E-state index in [1.54, 1.807) is 31.2 Å². The predicted molar refractivity (Wildman–Crippen MR) is 116 cm³/mol. The first-order chi connectivity index (χ1) is 13.6. The third-order valence-corrected chi connectivity index (χ3v) is 6.79. The summed E-state index contributed by atoms with van der Waals surface area (Å²) in [6.45, 7) is 8.61. The molecule has 1 atom stereocenters. The molecule has 1 fully saturated rings. The largest absolute Gasteiger partial charge is 0.481 e. The van der Waals surface area contributed by atoms with Crippen LogP contribution < -0.4 is 14.4 Å². The van der Waals surface area contributed by atoms with Crippen molar-refractivity contribution in [3.05, 3.63) is 54.1 Å². The van der Waals surface area contributed by atoms with Gasteiger partial charge >= 0.3 is 0 Å². The molecule has 6 nitrogen and oxygen atoms in total. The third kappa shape index (κ3) is 5.09. The molecule has 1 unspecified atom stereocenters. The Hall–Kier alpha value is -2.54. The van der Waals surface area contributed by atoms with E-state index >= 15 is 0 Å². The van der Waals surface area contributed by atoms with E-state index in [0.29, 0.717) is 30.1 Å². The van der Waals surface area contributed by atoms with Crippen molar-refractivity contribution in [3.63, 3.8) is 0 Å². The van der Waals surface area contributed by atoms with Crippen LogP contribution in [-0.2, 0) is 20.2 Å². The minimum atomic E-state index is -3.21. The fourth-order valence-electron chi connectivity index (χ4n) is 3.18. The van der Waals surface area contributed by atoms with Crippen molar-refractivity contribution < 1.29 is 17.9 Å². The summed E-state index contributed by atoms with van der Waals surface area (Å²) in [5.41, 5.74) is 2.46. The smallest absolute Gasteiger partial charge is 0.265 e. The zero-order valence-corrected chi connectivity index (χ0v) is 18.1. The number of rotatable bonds is 5. The highest BCUT2D eigenvalue weighted by Crippen LogP contribution is 2.26. The van der Waals surface area contributed by atoms with Crippen LogP contribution in [0, 0.1) is 0 Å². The van der Waals surface area contributed by atoms with Crippen LogP contribution in [-0.4, -0.2) is 32.7 Å². The van der Waals surface area contributed by atoms with Gasteiger partial charge in [0.25, 0.3) is 5.91 Å². The monoisotopic (exact) mass is 416 g/mol. The lowest BCUT2D eigenvalue weighted by Gasteiger charge is -2.20. The number of ether oxygens (including phenoxy) is 1. The molecule has 1 amide bonds. The summed E-state index contributed by atoms with van der Waals surface area (Å²) in [5.74, 6) is 0.540. The fourth-order valence-corrected chi connectivity index (χ4v) is 4.74. The van der Waals surface area contributed by atoms with Crippen LogP contribution in [0.2, 0.25) is 0 Å². The minimum absolute atomic E-state index is 0.0576. The van der Waals surface area contributed by atoms with Crippen molar-refractivity contribution in [2.75, 3.05) is 21.9 Å². The zero-order valence-electron chi connectivity index (χ0n) is 17.3. The van der Waals surface area contributed by atoms with Crippen LogP contribution in [0.25, 0.3) is 0 Å².